The molecule has 0 saturated heterocycles. The van der Waals surface area contributed by atoms with Crippen LogP contribution < -0.4 is 5.32 Å². The summed E-state index contributed by atoms with van der Waals surface area (Å²) in [6.45, 7) is 4.61. The van der Waals surface area contributed by atoms with E-state index in [4.69, 9.17) is 22.3 Å². The lowest BCUT2D eigenvalue weighted by molar-refractivity contribution is 0.0946. The summed E-state index contributed by atoms with van der Waals surface area (Å²) in [5.41, 5.74) is 0.0880. The highest BCUT2D eigenvalue weighted by atomic mass is 79.9. The molecule has 118 valence electrons. The van der Waals surface area contributed by atoms with Gasteiger partial charge in [0.2, 0.25) is 0 Å². The number of halogens is 3. The second-order valence-electron chi connectivity index (χ2n) is 4.59. The maximum atomic E-state index is 12.1. The third kappa shape index (κ3) is 5.13. The second-order valence-corrected chi connectivity index (χ2v) is 8.39. The van der Waals surface area contributed by atoms with Crippen LogP contribution in [0.5, 0.6) is 0 Å². The summed E-state index contributed by atoms with van der Waals surface area (Å²) >= 11 is 9.07. The van der Waals surface area contributed by atoms with Crippen LogP contribution in [0.25, 0.3) is 0 Å². The first kappa shape index (κ1) is 18.7. The Kier molecular flexibility index (Phi) is 6.97. The summed E-state index contributed by atoms with van der Waals surface area (Å²) in [5.74, 6) is -0.0413. The van der Waals surface area contributed by atoms with Gasteiger partial charge in [0.25, 0.3) is 15.0 Å². The minimum atomic E-state index is -3.96. The molecule has 0 radical (unpaired) electrons. The van der Waals surface area contributed by atoms with Crippen LogP contribution in [-0.2, 0) is 9.05 Å². The predicted molar refractivity (Wildman–Crippen MR) is 88.6 cm³/mol. The summed E-state index contributed by atoms with van der Waals surface area (Å²) in [5, 5.41) is 2.92. The minimum absolute atomic E-state index is 0.0880. The van der Waals surface area contributed by atoms with E-state index in [1.165, 1.54) is 12.1 Å². The van der Waals surface area contributed by atoms with E-state index < -0.39 is 15.0 Å². The highest BCUT2D eigenvalue weighted by Gasteiger charge is 2.20. The van der Waals surface area contributed by atoms with Crippen LogP contribution in [0.3, 0.4) is 0 Å². The molecule has 1 amide bonds. The van der Waals surface area contributed by atoms with E-state index in [1.807, 2.05) is 13.8 Å². The number of carbonyl (C=O) groups is 1. The summed E-state index contributed by atoms with van der Waals surface area (Å²) in [7, 11) is 1.37. The zero-order valence-corrected chi connectivity index (χ0v) is 15.5. The minimum Gasteiger partial charge on any atom is -0.352 e. The second kappa shape index (κ2) is 7.81. The number of rotatable bonds is 6. The molecule has 0 aromatic heterocycles. The van der Waals surface area contributed by atoms with Crippen LogP contribution >= 0.6 is 38.2 Å². The molecule has 0 heterocycles. The van der Waals surface area contributed by atoms with Gasteiger partial charge in [-0.25, -0.2) is 8.42 Å². The van der Waals surface area contributed by atoms with Crippen molar-refractivity contribution < 1.29 is 13.2 Å². The molecule has 8 heteroatoms. The molecule has 21 heavy (non-hydrogen) atoms. The molecule has 1 rings (SSSR count). The predicted octanol–water partition coefficient (Wildman–Crippen LogP) is 4.20. The van der Waals surface area contributed by atoms with Crippen LogP contribution in [0.2, 0.25) is 5.02 Å². The van der Waals surface area contributed by atoms with E-state index in [9.17, 15) is 13.2 Å². The highest BCUT2D eigenvalue weighted by molar-refractivity contribution is 9.10. The Morgan fingerprint density at radius 1 is 1.33 bits per heavy atom. The van der Waals surface area contributed by atoms with Gasteiger partial charge < -0.3 is 5.32 Å². The van der Waals surface area contributed by atoms with Gasteiger partial charge in [0.1, 0.15) is 0 Å². The number of hydrogen-bond donors (Lipinski definition) is 1. The van der Waals surface area contributed by atoms with Crippen molar-refractivity contribution in [2.45, 2.75) is 31.6 Å². The summed E-state index contributed by atoms with van der Waals surface area (Å²) in [6.07, 6.45) is 1.90. The Hall–Kier alpha value is -0.300. The van der Waals surface area contributed by atoms with E-state index in [1.54, 1.807) is 0 Å². The molecule has 0 fully saturated rings. The van der Waals surface area contributed by atoms with Crippen LogP contribution in [0, 0.1) is 5.92 Å². The topological polar surface area (TPSA) is 63.2 Å². The maximum absolute atomic E-state index is 12.1. The molecular weight excluding hydrogens is 401 g/mol. The smallest absolute Gasteiger partial charge is 0.262 e. The number of benzene rings is 1. The van der Waals surface area contributed by atoms with Gasteiger partial charge in [0, 0.05) is 21.7 Å². The number of carbonyl (C=O) groups excluding carboxylic acids is 1. The fourth-order valence-corrected chi connectivity index (χ4v) is 4.38. The molecular formula is C13H16BrCl2NO3S. The molecule has 4 nitrogen and oxygen atoms in total. The molecule has 0 aliphatic heterocycles. The van der Waals surface area contributed by atoms with Crippen LogP contribution in [-0.4, -0.2) is 20.9 Å². The normalized spacial score (nSPS) is 11.7. The van der Waals surface area contributed by atoms with Crippen LogP contribution in [0.4, 0.5) is 0 Å². The van der Waals surface area contributed by atoms with Gasteiger partial charge >= 0.3 is 0 Å². The lowest BCUT2D eigenvalue weighted by Gasteiger charge is -2.14. The number of nitrogens with one attached hydrogen (secondary N) is 1. The van der Waals surface area contributed by atoms with Crippen molar-refractivity contribution in [3.8, 4) is 0 Å². The molecule has 0 aliphatic carbocycles. The molecule has 1 aromatic carbocycles. The average molecular weight is 417 g/mol. The lowest BCUT2D eigenvalue weighted by atomic mass is 10.0. The van der Waals surface area contributed by atoms with E-state index >= 15 is 0 Å². The SMILES string of the molecule is CCC(CC)CNC(=O)c1cc(S(=O)(=O)Cl)c(Br)cc1Cl. The molecule has 0 aliphatic rings. The van der Waals surface area contributed by atoms with Crippen molar-refractivity contribution in [2.75, 3.05) is 6.54 Å². The van der Waals surface area contributed by atoms with Gasteiger partial charge in [0.15, 0.2) is 0 Å². The molecule has 1 N–H and O–H groups in total. The first-order valence-corrected chi connectivity index (χ1v) is 9.90. The third-order valence-electron chi connectivity index (χ3n) is 3.23. The Labute approximate surface area is 142 Å². The van der Waals surface area contributed by atoms with Crippen molar-refractivity contribution in [3.05, 3.63) is 27.2 Å². The zero-order chi connectivity index (χ0) is 16.2. The van der Waals surface area contributed by atoms with Crippen LogP contribution in [0.15, 0.2) is 21.5 Å². The van der Waals surface area contributed by atoms with Gasteiger partial charge in [-0.05, 0) is 34.0 Å². The fraction of sp³-hybridized carbons (Fsp3) is 0.462. The van der Waals surface area contributed by atoms with E-state index in [-0.39, 0.29) is 20.0 Å². The monoisotopic (exact) mass is 415 g/mol. The Morgan fingerprint density at radius 3 is 2.38 bits per heavy atom. The molecule has 0 saturated carbocycles. The Bertz CT molecular complexity index is 631. The van der Waals surface area contributed by atoms with Gasteiger partial charge in [-0.15, -0.1) is 0 Å². The van der Waals surface area contributed by atoms with Crippen molar-refractivity contribution in [3.63, 3.8) is 0 Å². The summed E-state index contributed by atoms with van der Waals surface area (Å²) in [4.78, 5) is 12.0. The molecule has 1 aromatic rings. The number of amides is 1. The quantitative estimate of drug-likeness (QED) is 0.706. The van der Waals surface area contributed by atoms with Crippen molar-refractivity contribution >= 4 is 53.2 Å². The lowest BCUT2D eigenvalue weighted by Crippen LogP contribution is -2.29. The zero-order valence-electron chi connectivity index (χ0n) is 11.6. The summed E-state index contributed by atoms with van der Waals surface area (Å²) in [6, 6.07) is 2.53. The van der Waals surface area contributed by atoms with Crippen molar-refractivity contribution in [2.24, 2.45) is 5.92 Å². The molecule has 0 bridgehead atoms. The molecule has 0 unspecified atom stereocenters. The van der Waals surface area contributed by atoms with E-state index in [2.05, 4.69) is 21.2 Å². The van der Waals surface area contributed by atoms with E-state index in [0.717, 1.165) is 12.8 Å². The van der Waals surface area contributed by atoms with Crippen molar-refractivity contribution in [1.82, 2.24) is 5.32 Å². The average Bonchev–Trinajstić information content (AvgIpc) is 2.38. The largest absolute Gasteiger partial charge is 0.352 e. The number of hydrogen-bond acceptors (Lipinski definition) is 3. The molecule has 0 spiro atoms. The van der Waals surface area contributed by atoms with Crippen LogP contribution in [0.1, 0.15) is 37.0 Å². The van der Waals surface area contributed by atoms with Gasteiger partial charge in [-0.1, -0.05) is 38.3 Å². The third-order valence-corrected chi connectivity index (χ3v) is 5.83. The first-order valence-electron chi connectivity index (χ1n) is 6.42. The van der Waals surface area contributed by atoms with E-state index in [0.29, 0.717) is 12.5 Å². The maximum Gasteiger partial charge on any atom is 0.262 e. The highest BCUT2D eigenvalue weighted by Crippen LogP contribution is 2.31. The Morgan fingerprint density at radius 2 is 1.90 bits per heavy atom. The van der Waals surface area contributed by atoms with Gasteiger partial charge in [-0.3, -0.25) is 4.79 Å². The first-order chi connectivity index (χ1) is 9.70. The van der Waals surface area contributed by atoms with Gasteiger partial charge in [-0.2, -0.15) is 0 Å². The standard InChI is InChI=1S/C13H16BrCl2NO3S/c1-3-8(4-2)7-17-13(18)9-5-12(21(16,19)20)10(14)6-11(9)15/h5-6,8H,3-4,7H2,1-2H3,(H,17,18). The van der Waals surface area contributed by atoms with Crippen molar-refractivity contribution in [1.29, 1.82) is 0 Å². The fourth-order valence-electron chi connectivity index (χ4n) is 1.80. The Balaban J connectivity index is 3.05. The van der Waals surface area contributed by atoms with Gasteiger partial charge in [0.05, 0.1) is 15.5 Å². The summed E-state index contributed by atoms with van der Waals surface area (Å²) < 4.78 is 23.1. The molecule has 0 atom stereocenters.